The van der Waals surface area contributed by atoms with Crippen LogP contribution >= 0.6 is 0 Å². The first-order valence-corrected chi connectivity index (χ1v) is 23.8. The zero-order chi connectivity index (χ0) is 50.5. The number of phenolic OH excluding ortho intramolecular Hbond substituents is 2. The number of carbonyl (C=O) groups is 8. The highest BCUT2D eigenvalue weighted by Crippen LogP contribution is 2.53. The van der Waals surface area contributed by atoms with Crippen LogP contribution in [-0.2, 0) is 58.9 Å². The summed E-state index contributed by atoms with van der Waals surface area (Å²) in [5.41, 5.74) is -4.12. The number of imide groups is 1. The summed E-state index contributed by atoms with van der Waals surface area (Å²) in [6.07, 6.45) is -0.882. The topological polar surface area (TPSA) is 274 Å². The molecule has 2 aliphatic carbocycles. The predicted molar refractivity (Wildman–Crippen MR) is 244 cm³/mol. The van der Waals surface area contributed by atoms with E-state index in [-0.39, 0.29) is 89.4 Å². The second-order valence-corrected chi connectivity index (χ2v) is 19.4. The van der Waals surface area contributed by atoms with Crippen molar-refractivity contribution in [3.05, 3.63) is 63.7 Å². The van der Waals surface area contributed by atoms with Crippen LogP contribution in [0.5, 0.6) is 11.5 Å². The molecule has 0 bridgehead atoms. The van der Waals surface area contributed by atoms with Gasteiger partial charge in [-0.3, -0.25) is 48.2 Å². The first-order valence-electron chi connectivity index (χ1n) is 23.8. The third-order valence-corrected chi connectivity index (χ3v) is 14.5. The molecule has 5 N–H and O–H groups in total. The summed E-state index contributed by atoms with van der Waals surface area (Å²) in [6, 6.07) is 2.69. The van der Waals surface area contributed by atoms with Crippen LogP contribution in [0.4, 0.5) is 5.69 Å². The molecule has 70 heavy (non-hydrogen) atoms. The van der Waals surface area contributed by atoms with E-state index in [0.717, 1.165) is 4.90 Å². The van der Waals surface area contributed by atoms with Crippen molar-refractivity contribution in [3.8, 4) is 11.5 Å². The summed E-state index contributed by atoms with van der Waals surface area (Å²) in [6.45, 7) is 9.14. The molecule has 20 heteroatoms. The number of hydrogen-bond donors (Lipinski definition) is 5. The molecule has 4 heterocycles. The number of aliphatic hydroxyl groups is 1. The third kappa shape index (κ3) is 9.45. The minimum atomic E-state index is -2.11. The Morgan fingerprint density at radius 3 is 2.33 bits per heavy atom. The molecule has 20 nitrogen and oxygen atoms in total. The molecule has 2 aromatic rings. The number of methoxy groups -OCH3 is 1. The molecule has 0 aromatic heterocycles. The van der Waals surface area contributed by atoms with E-state index >= 15 is 0 Å². The van der Waals surface area contributed by atoms with E-state index in [9.17, 15) is 53.7 Å². The second kappa shape index (κ2) is 20.2. The first kappa shape index (κ1) is 50.6. The Hall–Kier alpha value is -5.74. The van der Waals surface area contributed by atoms with E-state index in [0.29, 0.717) is 32.4 Å². The number of nitrogens with one attached hydrogen (secondary N) is 2. The van der Waals surface area contributed by atoms with Crippen LogP contribution in [0.2, 0.25) is 0 Å². The lowest BCUT2D eigenvalue weighted by Crippen LogP contribution is -2.55. The Bertz CT molecular complexity index is 2520. The normalized spacial score (nSPS) is 27.9. The van der Waals surface area contributed by atoms with Crippen molar-refractivity contribution >= 4 is 52.4 Å². The molecule has 0 unspecified atom stereocenters. The van der Waals surface area contributed by atoms with E-state index in [1.165, 1.54) is 51.3 Å². The van der Waals surface area contributed by atoms with E-state index in [1.54, 1.807) is 13.8 Å². The van der Waals surface area contributed by atoms with Crippen molar-refractivity contribution in [2.24, 2.45) is 11.8 Å². The maximum atomic E-state index is 14.7. The van der Waals surface area contributed by atoms with Crippen molar-refractivity contribution < 1.29 is 77.4 Å². The number of hydrogen-bond acceptors (Lipinski definition) is 17. The number of benzene rings is 2. The summed E-state index contributed by atoms with van der Waals surface area (Å²) < 4.78 is 30.4. The van der Waals surface area contributed by atoms with Crippen molar-refractivity contribution in [1.29, 1.82) is 0 Å². The number of ether oxygens (including phenoxy) is 5. The number of phenols is 2. The van der Waals surface area contributed by atoms with Gasteiger partial charge in [0.2, 0.25) is 11.8 Å². The van der Waals surface area contributed by atoms with Gasteiger partial charge in [-0.15, -0.1) is 0 Å². The van der Waals surface area contributed by atoms with Crippen LogP contribution < -0.4 is 10.6 Å². The average Bonchev–Trinajstić information content (AvgIpc) is 3.86. The standard InChI is InChI=1S/C50H60N4O16/c1-23(2)29(19-27(56)11-8-7-9-16-54-34(57)14-15-35(54)58)47(64)51-24(3)46(63)52-31-13-10-12-28-37(31)43(61)40-39(41(28)59)42(60)30-21-50(65,26(5)55)22-33(38(30)44(40)62)69-36-20-32-45(25(4)68-36)70-48-49(66-6)67-18-17-53(32)48/h10,12-15,23-25,29,32-33,36,45,48-49,60,62,65H,7-9,11,16-22H2,1-6H3,(H,51,64)(H,52,63)/t24-,25-,29-,32-,33-,36-,45+,48+,49-,50-/m0/s1. The third-order valence-electron chi connectivity index (χ3n) is 14.5. The number of fused-ring (bicyclic) bond motifs is 6. The fraction of sp³-hybridized carbons (Fsp3) is 0.560. The summed E-state index contributed by atoms with van der Waals surface area (Å²) in [5, 5.41) is 41.1. The lowest BCUT2D eigenvalue weighted by Gasteiger charge is -2.43. The summed E-state index contributed by atoms with van der Waals surface area (Å²) in [7, 11) is 1.52. The molecule has 0 saturated carbocycles. The summed E-state index contributed by atoms with van der Waals surface area (Å²) in [5.74, 6) is -7.17. The Kier molecular flexibility index (Phi) is 14.6. The molecule has 2 aromatic carbocycles. The number of ketones is 4. The summed E-state index contributed by atoms with van der Waals surface area (Å²) >= 11 is 0. The van der Waals surface area contributed by atoms with Gasteiger partial charge in [0.1, 0.15) is 35.0 Å². The zero-order valence-electron chi connectivity index (χ0n) is 40.0. The number of aromatic hydroxyl groups is 2. The highest BCUT2D eigenvalue weighted by molar-refractivity contribution is 6.32. The number of amides is 4. The Balaban J connectivity index is 0.979. The van der Waals surface area contributed by atoms with Crippen LogP contribution in [0.3, 0.4) is 0 Å². The van der Waals surface area contributed by atoms with E-state index in [1.807, 2.05) is 6.92 Å². The van der Waals surface area contributed by atoms with Crippen LogP contribution in [-0.4, -0.2) is 147 Å². The van der Waals surface area contributed by atoms with Gasteiger partial charge in [0.05, 0.1) is 41.2 Å². The number of carbonyl (C=O) groups excluding carboxylic acids is 8. The van der Waals surface area contributed by atoms with E-state index < -0.39 is 113 Å². The molecule has 4 aliphatic heterocycles. The molecule has 3 fully saturated rings. The van der Waals surface area contributed by atoms with Gasteiger partial charge in [-0.25, -0.2) is 0 Å². The maximum absolute atomic E-state index is 14.7. The molecule has 6 aliphatic rings. The molecule has 10 atom stereocenters. The first-order chi connectivity index (χ1) is 33.2. The van der Waals surface area contributed by atoms with Gasteiger partial charge in [0.25, 0.3) is 11.8 Å². The van der Waals surface area contributed by atoms with Gasteiger partial charge in [-0.2, -0.15) is 0 Å². The lowest BCUT2D eigenvalue weighted by molar-refractivity contribution is -0.256. The summed E-state index contributed by atoms with van der Waals surface area (Å²) in [4.78, 5) is 109. The molecule has 0 spiro atoms. The number of anilines is 1. The van der Waals surface area contributed by atoms with Crippen LogP contribution in [0.15, 0.2) is 30.4 Å². The minimum absolute atomic E-state index is 0.0834. The van der Waals surface area contributed by atoms with Gasteiger partial charge in [-0.1, -0.05) is 32.4 Å². The Labute approximate surface area is 403 Å². The molecule has 376 valence electrons. The van der Waals surface area contributed by atoms with Gasteiger partial charge >= 0.3 is 0 Å². The number of rotatable bonds is 17. The van der Waals surface area contributed by atoms with Crippen LogP contribution in [0.25, 0.3) is 0 Å². The average molecular weight is 973 g/mol. The number of Topliss-reactive ketones (excluding diaryl/α,β-unsaturated/α-hetero) is 2. The largest absolute Gasteiger partial charge is 0.507 e. The number of nitrogens with zero attached hydrogens (tertiary/aromatic N) is 2. The lowest BCUT2D eigenvalue weighted by atomic mass is 9.72. The van der Waals surface area contributed by atoms with Crippen LogP contribution in [0, 0.1) is 11.8 Å². The predicted octanol–water partition coefficient (Wildman–Crippen LogP) is 2.89. The number of unbranched alkanes of at least 4 members (excludes halogenated alkanes) is 2. The van der Waals surface area contributed by atoms with Gasteiger partial charge in [-0.05, 0) is 45.6 Å². The molecule has 3 saturated heterocycles. The second-order valence-electron chi connectivity index (χ2n) is 19.4. The SMILES string of the molecule is CO[C@H]1OCCN2[C@@H]1O[C@@H]1[C@H](C)O[C@@H](O[C@H]3C[C@](O)(C(C)=O)Cc4c(O)c5c(c(O)c43)C(=O)c3c(NC(=O)[C@H](C)NC(=O)[C@@H](CC(=O)CCCCCN4C(=O)C=CC4=O)C(C)C)cccc3C5=O)C[C@@H]12. The van der Waals surface area contributed by atoms with Crippen molar-refractivity contribution in [3.63, 3.8) is 0 Å². The van der Waals surface area contributed by atoms with Crippen molar-refractivity contribution in [1.82, 2.24) is 15.1 Å². The monoisotopic (exact) mass is 972 g/mol. The molecule has 4 amide bonds. The molecule has 0 radical (unpaired) electrons. The molecule has 8 rings (SSSR count). The quantitative estimate of drug-likeness (QED) is 0.0739. The van der Waals surface area contributed by atoms with Crippen molar-refractivity contribution in [2.45, 2.75) is 141 Å². The molecular formula is C50H60N4O16. The van der Waals surface area contributed by atoms with Crippen molar-refractivity contribution in [2.75, 3.05) is 32.1 Å². The zero-order valence-corrected chi connectivity index (χ0v) is 40.0. The van der Waals surface area contributed by atoms with E-state index in [2.05, 4.69) is 15.5 Å². The molecular weight excluding hydrogens is 913 g/mol. The van der Waals surface area contributed by atoms with Crippen LogP contribution in [0.1, 0.15) is 129 Å². The van der Waals surface area contributed by atoms with E-state index in [4.69, 9.17) is 23.7 Å². The van der Waals surface area contributed by atoms with Gasteiger partial charge in [0.15, 0.2) is 36.2 Å². The highest BCUT2D eigenvalue weighted by atomic mass is 16.7. The Morgan fingerprint density at radius 1 is 0.929 bits per heavy atom. The smallest absolute Gasteiger partial charge is 0.253 e. The Morgan fingerprint density at radius 2 is 1.64 bits per heavy atom. The van der Waals surface area contributed by atoms with Gasteiger partial charge < -0.3 is 49.6 Å². The highest BCUT2D eigenvalue weighted by Gasteiger charge is 2.55. The minimum Gasteiger partial charge on any atom is -0.507 e. The maximum Gasteiger partial charge on any atom is 0.253 e. The van der Waals surface area contributed by atoms with Gasteiger partial charge in [0, 0.05) is 93.1 Å². The fourth-order valence-corrected chi connectivity index (χ4v) is 10.6. The number of morpholine rings is 1. The fourth-order valence-electron chi connectivity index (χ4n) is 10.6.